The maximum absolute atomic E-state index is 13.5. The molecule has 0 atom stereocenters. The summed E-state index contributed by atoms with van der Waals surface area (Å²) in [6.45, 7) is 2.26. The van der Waals surface area contributed by atoms with E-state index in [9.17, 15) is 13.2 Å². The van der Waals surface area contributed by atoms with E-state index in [1.807, 2.05) is 18.2 Å². The van der Waals surface area contributed by atoms with Crippen LogP contribution in [0, 0.1) is 0 Å². The number of hydrogen-bond donors (Lipinski definition) is 0. The van der Waals surface area contributed by atoms with Crippen molar-refractivity contribution in [3.63, 3.8) is 0 Å². The predicted molar refractivity (Wildman–Crippen MR) is 113 cm³/mol. The number of sulfone groups is 1. The number of piperazine rings is 1. The van der Waals surface area contributed by atoms with Crippen LogP contribution in [0.3, 0.4) is 0 Å². The van der Waals surface area contributed by atoms with Crippen molar-refractivity contribution in [3.8, 4) is 0 Å². The Bertz CT molecular complexity index is 966. The summed E-state index contributed by atoms with van der Waals surface area (Å²) in [7, 11) is -3.81. The highest BCUT2D eigenvalue weighted by atomic mass is 35.5. The monoisotopic (exact) mass is 433 g/mol. The molecule has 154 valence electrons. The SMILES string of the molecule is O=C(N1CCN(c2ccccn2)CC1)C1(S(=O)(=O)c2ccc(Cl)cc2)CCCC1. The Morgan fingerprint density at radius 2 is 1.62 bits per heavy atom. The quantitative estimate of drug-likeness (QED) is 0.740. The third-order valence-corrected chi connectivity index (χ3v) is 8.74. The highest BCUT2D eigenvalue weighted by Crippen LogP contribution is 2.42. The van der Waals surface area contributed by atoms with Crippen LogP contribution in [0.2, 0.25) is 5.02 Å². The number of amides is 1. The van der Waals surface area contributed by atoms with Gasteiger partial charge in [-0.1, -0.05) is 30.5 Å². The van der Waals surface area contributed by atoms with Crippen LogP contribution in [0.25, 0.3) is 0 Å². The van der Waals surface area contributed by atoms with E-state index in [0.717, 1.165) is 18.7 Å². The molecule has 0 spiro atoms. The Morgan fingerprint density at radius 1 is 0.966 bits per heavy atom. The van der Waals surface area contributed by atoms with Gasteiger partial charge in [0.15, 0.2) is 14.6 Å². The van der Waals surface area contributed by atoms with E-state index >= 15 is 0 Å². The molecular weight excluding hydrogens is 410 g/mol. The number of anilines is 1. The number of halogens is 1. The molecule has 0 radical (unpaired) electrons. The van der Waals surface area contributed by atoms with E-state index in [2.05, 4.69) is 9.88 Å². The second-order valence-corrected chi connectivity index (χ2v) is 10.3. The Labute approximate surface area is 176 Å². The van der Waals surface area contributed by atoms with Crippen LogP contribution in [-0.4, -0.2) is 55.1 Å². The van der Waals surface area contributed by atoms with Crippen molar-refractivity contribution in [1.82, 2.24) is 9.88 Å². The fraction of sp³-hybridized carbons (Fsp3) is 0.429. The van der Waals surface area contributed by atoms with Gasteiger partial charge in [-0.25, -0.2) is 13.4 Å². The van der Waals surface area contributed by atoms with Gasteiger partial charge in [0.2, 0.25) is 5.91 Å². The molecule has 0 bridgehead atoms. The average molecular weight is 434 g/mol. The molecule has 1 aliphatic carbocycles. The molecule has 1 aromatic carbocycles. The minimum Gasteiger partial charge on any atom is -0.353 e. The first-order chi connectivity index (χ1) is 13.9. The summed E-state index contributed by atoms with van der Waals surface area (Å²) in [5.41, 5.74) is 0. The summed E-state index contributed by atoms with van der Waals surface area (Å²) in [5, 5.41) is 0.474. The average Bonchev–Trinajstić information content (AvgIpc) is 3.26. The number of aromatic nitrogens is 1. The van der Waals surface area contributed by atoms with Gasteiger partial charge in [0.25, 0.3) is 0 Å². The molecule has 29 heavy (non-hydrogen) atoms. The predicted octanol–water partition coefficient (Wildman–Crippen LogP) is 3.17. The number of pyridine rings is 1. The maximum atomic E-state index is 13.5. The molecule has 2 aromatic rings. The zero-order valence-electron chi connectivity index (χ0n) is 16.1. The van der Waals surface area contributed by atoms with E-state index < -0.39 is 14.6 Å². The Morgan fingerprint density at radius 3 is 2.21 bits per heavy atom. The van der Waals surface area contributed by atoms with Gasteiger partial charge in [-0.2, -0.15) is 0 Å². The lowest BCUT2D eigenvalue weighted by Crippen LogP contribution is -2.57. The molecule has 1 saturated heterocycles. The number of nitrogens with zero attached hydrogens (tertiary/aromatic N) is 3. The third-order valence-electron chi connectivity index (χ3n) is 5.98. The summed E-state index contributed by atoms with van der Waals surface area (Å²) in [4.78, 5) is 21.9. The highest BCUT2D eigenvalue weighted by molar-refractivity contribution is 7.93. The fourth-order valence-corrected chi connectivity index (χ4v) is 6.61. The number of carbonyl (C=O) groups excluding carboxylic acids is 1. The zero-order chi connectivity index (χ0) is 20.5. The maximum Gasteiger partial charge on any atom is 0.244 e. The van der Waals surface area contributed by atoms with Crippen molar-refractivity contribution in [2.24, 2.45) is 0 Å². The van der Waals surface area contributed by atoms with Crippen molar-refractivity contribution in [2.75, 3.05) is 31.1 Å². The Balaban J connectivity index is 1.56. The van der Waals surface area contributed by atoms with Gasteiger partial charge in [-0.15, -0.1) is 0 Å². The van der Waals surface area contributed by atoms with Gasteiger partial charge in [-0.3, -0.25) is 4.79 Å². The van der Waals surface area contributed by atoms with E-state index in [1.54, 1.807) is 23.2 Å². The highest BCUT2D eigenvalue weighted by Gasteiger charge is 2.54. The molecule has 1 aromatic heterocycles. The van der Waals surface area contributed by atoms with Gasteiger partial charge in [0.05, 0.1) is 4.90 Å². The van der Waals surface area contributed by atoms with Crippen LogP contribution in [0.4, 0.5) is 5.82 Å². The molecule has 6 nitrogen and oxygen atoms in total. The molecule has 2 aliphatic rings. The third kappa shape index (κ3) is 3.62. The van der Waals surface area contributed by atoms with Gasteiger partial charge in [0.1, 0.15) is 5.82 Å². The summed E-state index contributed by atoms with van der Waals surface area (Å²) < 4.78 is 25.7. The number of hydrogen-bond acceptors (Lipinski definition) is 5. The molecular formula is C21H24ClN3O3S. The Kier molecular flexibility index (Phi) is 5.53. The first kappa shape index (κ1) is 20.2. The van der Waals surface area contributed by atoms with Crippen LogP contribution in [0.15, 0.2) is 53.6 Å². The van der Waals surface area contributed by atoms with Crippen molar-refractivity contribution < 1.29 is 13.2 Å². The molecule has 2 heterocycles. The molecule has 1 saturated carbocycles. The number of carbonyl (C=O) groups is 1. The summed E-state index contributed by atoms with van der Waals surface area (Å²) in [6, 6.07) is 11.9. The molecule has 2 fully saturated rings. The van der Waals surface area contributed by atoms with Gasteiger partial charge in [-0.05, 0) is 49.2 Å². The van der Waals surface area contributed by atoms with Crippen molar-refractivity contribution in [1.29, 1.82) is 0 Å². The second kappa shape index (κ2) is 7.95. The van der Waals surface area contributed by atoms with E-state index in [1.165, 1.54) is 12.1 Å². The summed E-state index contributed by atoms with van der Waals surface area (Å²) in [5.74, 6) is 0.620. The largest absolute Gasteiger partial charge is 0.353 e. The summed E-state index contributed by atoms with van der Waals surface area (Å²) >= 11 is 5.92. The van der Waals surface area contributed by atoms with Gasteiger partial charge in [0, 0.05) is 37.4 Å². The van der Waals surface area contributed by atoms with Gasteiger partial charge < -0.3 is 9.80 Å². The van der Waals surface area contributed by atoms with Crippen LogP contribution >= 0.6 is 11.6 Å². The van der Waals surface area contributed by atoms with Crippen molar-refractivity contribution >= 4 is 33.2 Å². The lowest BCUT2D eigenvalue weighted by Gasteiger charge is -2.39. The minimum atomic E-state index is -3.81. The lowest BCUT2D eigenvalue weighted by molar-refractivity contribution is -0.134. The molecule has 0 unspecified atom stereocenters. The minimum absolute atomic E-state index is 0.171. The fourth-order valence-electron chi connectivity index (χ4n) is 4.35. The summed E-state index contributed by atoms with van der Waals surface area (Å²) in [6.07, 6.45) is 3.98. The molecule has 8 heteroatoms. The van der Waals surface area contributed by atoms with Crippen LogP contribution in [-0.2, 0) is 14.6 Å². The molecule has 1 aliphatic heterocycles. The van der Waals surface area contributed by atoms with E-state index in [0.29, 0.717) is 44.0 Å². The lowest BCUT2D eigenvalue weighted by atomic mass is 10.0. The Hall–Kier alpha value is -2.12. The standard InChI is InChI=1S/C21H24ClN3O3S/c22-17-6-8-18(9-7-17)29(27,28)21(10-2-3-11-21)20(26)25-15-13-24(14-16-25)19-5-1-4-12-23-19/h1,4-9,12H,2-3,10-11,13-16H2. The zero-order valence-corrected chi connectivity index (χ0v) is 17.7. The normalized spacial score (nSPS) is 19.3. The van der Waals surface area contributed by atoms with E-state index in [4.69, 9.17) is 11.6 Å². The van der Waals surface area contributed by atoms with Crippen LogP contribution < -0.4 is 4.90 Å². The number of benzene rings is 1. The smallest absolute Gasteiger partial charge is 0.244 e. The first-order valence-electron chi connectivity index (χ1n) is 9.90. The van der Waals surface area contributed by atoms with Crippen LogP contribution in [0.5, 0.6) is 0 Å². The molecule has 1 amide bonds. The van der Waals surface area contributed by atoms with Gasteiger partial charge >= 0.3 is 0 Å². The molecule has 4 rings (SSSR count). The first-order valence-corrected chi connectivity index (χ1v) is 11.8. The van der Waals surface area contributed by atoms with Crippen molar-refractivity contribution in [3.05, 3.63) is 53.7 Å². The topological polar surface area (TPSA) is 70.6 Å². The van der Waals surface area contributed by atoms with Crippen molar-refractivity contribution in [2.45, 2.75) is 35.3 Å². The number of rotatable bonds is 4. The molecule has 0 N–H and O–H groups in total. The van der Waals surface area contributed by atoms with E-state index in [-0.39, 0.29) is 10.8 Å². The second-order valence-electron chi connectivity index (χ2n) is 7.63. The van der Waals surface area contributed by atoms with Crippen LogP contribution in [0.1, 0.15) is 25.7 Å².